The first-order valence-electron chi connectivity index (χ1n) is 10.5. The molecule has 0 radical (unpaired) electrons. The summed E-state index contributed by atoms with van der Waals surface area (Å²) in [5, 5.41) is 0. The Morgan fingerprint density at radius 3 is 2.28 bits per heavy atom. The van der Waals surface area contributed by atoms with Crippen LogP contribution in [0.5, 0.6) is 5.75 Å². The van der Waals surface area contributed by atoms with Crippen molar-refractivity contribution in [3.05, 3.63) is 64.2 Å². The third kappa shape index (κ3) is 3.68. The van der Waals surface area contributed by atoms with Gasteiger partial charge in [-0.25, -0.2) is 0 Å². The molecule has 0 aromatic heterocycles. The molecule has 0 aliphatic carbocycles. The number of benzene rings is 2. The van der Waals surface area contributed by atoms with Crippen molar-refractivity contribution >= 4 is 11.7 Å². The quantitative estimate of drug-likeness (QED) is 0.718. The van der Waals surface area contributed by atoms with Gasteiger partial charge < -0.3 is 9.64 Å². The normalized spacial score (nSPS) is 18.0. The van der Waals surface area contributed by atoms with Crippen LogP contribution >= 0.6 is 0 Å². The van der Waals surface area contributed by atoms with E-state index in [0.717, 1.165) is 16.7 Å². The average Bonchev–Trinajstić information content (AvgIpc) is 2.70. The van der Waals surface area contributed by atoms with Crippen LogP contribution in [-0.2, 0) is 0 Å². The summed E-state index contributed by atoms with van der Waals surface area (Å²) in [6, 6.07) is 11.8. The van der Waals surface area contributed by atoms with Gasteiger partial charge in [0.15, 0.2) is 5.78 Å². The summed E-state index contributed by atoms with van der Waals surface area (Å²) in [6.45, 7) is 9.57. The summed E-state index contributed by atoms with van der Waals surface area (Å²) < 4.78 is 6.38. The van der Waals surface area contributed by atoms with E-state index in [0.29, 0.717) is 49.6 Å². The van der Waals surface area contributed by atoms with Gasteiger partial charge in [0.1, 0.15) is 11.4 Å². The van der Waals surface area contributed by atoms with Crippen molar-refractivity contribution < 1.29 is 14.3 Å². The first-order valence-corrected chi connectivity index (χ1v) is 10.5. The zero-order valence-electron chi connectivity index (χ0n) is 17.7. The van der Waals surface area contributed by atoms with Gasteiger partial charge in [0.25, 0.3) is 5.91 Å². The summed E-state index contributed by atoms with van der Waals surface area (Å²) in [4.78, 5) is 27.6. The molecule has 1 fully saturated rings. The van der Waals surface area contributed by atoms with Crippen molar-refractivity contribution in [2.75, 3.05) is 13.1 Å². The molecule has 4 nitrogen and oxygen atoms in total. The number of Topliss-reactive ketones (excluding diaryl/α,β-unsaturated/α-hetero) is 1. The summed E-state index contributed by atoms with van der Waals surface area (Å²) in [5.41, 5.74) is 4.42. The predicted molar refractivity (Wildman–Crippen MR) is 114 cm³/mol. The Morgan fingerprint density at radius 2 is 1.66 bits per heavy atom. The van der Waals surface area contributed by atoms with Crippen LogP contribution in [0.1, 0.15) is 76.4 Å². The fourth-order valence-corrected chi connectivity index (χ4v) is 4.34. The highest BCUT2D eigenvalue weighted by molar-refractivity contribution is 6.00. The van der Waals surface area contributed by atoms with E-state index in [9.17, 15) is 9.59 Å². The van der Waals surface area contributed by atoms with E-state index < -0.39 is 5.60 Å². The summed E-state index contributed by atoms with van der Waals surface area (Å²) in [6.07, 6.45) is 1.76. The Morgan fingerprint density at radius 1 is 1.03 bits per heavy atom. The first kappa shape index (κ1) is 19.7. The lowest BCUT2D eigenvalue weighted by Gasteiger charge is -2.44. The average molecular weight is 392 g/mol. The van der Waals surface area contributed by atoms with Gasteiger partial charge in [-0.2, -0.15) is 0 Å². The molecule has 2 aromatic carbocycles. The second-order valence-corrected chi connectivity index (χ2v) is 8.89. The Hall–Kier alpha value is -2.62. The maximum Gasteiger partial charge on any atom is 0.253 e. The topological polar surface area (TPSA) is 46.6 Å². The Balaban J connectivity index is 1.47. The number of carbonyl (C=O) groups excluding carboxylic acids is 2. The van der Waals surface area contributed by atoms with Gasteiger partial charge in [-0.15, -0.1) is 0 Å². The molecule has 4 rings (SSSR count). The van der Waals surface area contributed by atoms with Gasteiger partial charge in [0.05, 0.1) is 12.0 Å². The minimum atomic E-state index is -0.482. The van der Waals surface area contributed by atoms with Crippen LogP contribution in [0.2, 0.25) is 0 Å². The number of rotatable bonds is 2. The number of nitrogens with zero attached hydrogens (tertiary/aromatic N) is 1. The number of ether oxygens (including phenoxy) is 1. The van der Waals surface area contributed by atoms with Crippen LogP contribution < -0.4 is 4.74 Å². The predicted octanol–water partition coefficient (Wildman–Crippen LogP) is 5.07. The number of ketones is 1. The van der Waals surface area contributed by atoms with Gasteiger partial charge in [0.2, 0.25) is 0 Å². The molecule has 0 unspecified atom stereocenters. The smallest absolute Gasteiger partial charge is 0.253 e. The molecule has 0 atom stereocenters. The van der Waals surface area contributed by atoms with Crippen molar-refractivity contribution in [1.29, 1.82) is 0 Å². The third-order valence-electron chi connectivity index (χ3n) is 6.49. The summed E-state index contributed by atoms with van der Waals surface area (Å²) in [7, 11) is 0. The number of likely N-dealkylation sites (tertiary alicyclic amines) is 1. The van der Waals surface area contributed by atoms with E-state index >= 15 is 0 Å². The lowest BCUT2D eigenvalue weighted by atomic mass is 9.81. The molecule has 29 heavy (non-hydrogen) atoms. The highest BCUT2D eigenvalue weighted by Gasteiger charge is 2.43. The van der Waals surface area contributed by atoms with Crippen molar-refractivity contribution in [2.24, 2.45) is 0 Å². The minimum absolute atomic E-state index is 0.0594. The molecule has 1 amide bonds. The van der Waals surface area contributed by atoms with E-state index in [1.54, 1.807) is 0 Å². The van der Waals surface area contributed by atoms with Crippen LogP contribution in [-0.4, -0.2) is 35.3 Å². The number of carbonyl (C=O) groups is 2. The largest absolute Gasteiger partial charge is 0.486 e. The van der Waals surface area contributed by atoms with Crippen LogP contribution in [0.4, 0.5) is 0 Å². The highest BCUT2D eigenvalue weighted by atomic mass is 16.5. The molecule has 2 aliphatic heterocycles. The maximum absolute atomic E-state index is 12.9. The molecule has 2 heterocycles. The zero-order chi connectivity index (χ0) is 20.8. The second kappa shape index (κ2) is 7.33. The van der Waals surface area contributed by atoms with Gasteiger partial charge in [-0.3, -0.25) is 9.59 Å². The number of piperidine rings is 1. The van der Waals surface area contributed by atoms with Crippen LogP contribution in [0.3, 0.4) is 0 Å². The van der Waals surface area contributed by atoms with Crippen molar-refractivity contribution in [3.8, 4) is 5.75 Å². The molecule has 1 spiro atoms. The highest BCUT2D eigenvalue weighted by Crippen LogP contribution is 2.40. The minimum Gasteiger partial charge on any atom is -0.486 e. The molecule has 152 valence electrons. The lowest BCUT2D eigenvalue weighted by Crippen LogP contribution is -2.52. The second-order valence-electron chi connectivity index (χ2n) is 8.89. The van der Waals surface area contributed by atoms with Crippen LogP contribution in [0, 0.1) is 13.8 Å². The number of aryl methyl sites for hydroxylation is 2. The van der Waals surface area contributed by atoms with E-state index in [2.05, 4.69) is 13.8 Å². The SMILES string of the molecule is Cc1cc2c(cc1C)C(=O)CC1(CCN(C(=O)c3ccc(C(C)C)cc3)CC1)O2. The molecular weight excluding hydrogens is 362 g/mol. The van der Waals surface area contributed by atoms with Gasteiger partial charge in [-0.05, 0) is 60.7 Å². The Labute approximate surface area is 172 Å². The lowest BCUT2D eigenvalue weighted by molar-refractivity contribution is -0.00575. The van der Waals surface area contributed by atoms with Gasteiger partial charge in [-0.1, -0.05) is 26.0 Å². The fourth-order valence-electron chi connectivity index (χ4n) is 4.34. The van der Waals surface area contributed by atoms with Crippen LogP contribution in [0.25, 0.3) is 0 Å². The number of fused-ring (bicyclic) bond motifs is 1. The molecule has 2 aromatic rings. The Bertz CT molecular complexity index is 951. The maximum atomic E-state index is 12.9. The molecule has 2 aliphatic rings. The van der Waals surface area contributed by atoms with Crippen LogP contribution in [0.15, 0.2) is 36.4 Å². The molecule has 0 bridgehead atoms. The van der Waals surface area contributed by atoms with Crippen molar-refractivity contribution in [3.63, 3.8) is 0 Å². The number of hydrogen-bond donors (Lipinski definition) is 0. The van der Waals surface area contributed by atoms with E-state index in [1.807, 2.05) is 55.1 Å². The summed E-state index contributed by atoms with van der Waals surface area (Å²) in [5.74, 6) is 1.36. The van der Waals surface area contributed by atoms with Gasteiger partial charge in [0, 0.05) is 31.5 Å². The molecular formula is C25H29NO3. The number of hydrogen-bond acceptors (Lipinski definition) is 3. The molecule has 4 heteroatoms. The van der Waals surface area contributed by atoms with Crippen molar-refractivity contribution in [1.82, 2.24) is 4.90 Å². The summed E-state index contributed by atoms with van der Waals surface area (Å²) >= 11 is 0. The van der Waals surface area contributed by atoms with Gasteiger partial charge >= 0.3 is 0 Å². The standard InChI is InChI=1S/C25H29NO3/c1-16(2)19-5-7-20(8-6-19)24(28)26-11-9-25(10-12-26)15-22(27)21-13-17(3)18(4)14-23(21)29-25/h5-8,13-14,16H,9-12,15H2,1-4H3. The molecule has 1 saturated heterocycles. The monoisotopic (exact) mass is 391 g/mol. The molecule has 0 saturated carbocycles. The zero-order valence-corrected chi connectivity index (χ0v) is 17.7. The van der Waals surface area contributed by atoms with E-state index in [4.69, 9.17) is 4.74 Å². The first-order chi connectivity index (χ1) is 13.8. The van der Waals surface area contributed by atoms with Crippen molar-refractivity contribution in [2.45, 2.75) is 58.5 Å². The third-order valence-corrected chi connectivity index (χ3v) is 6.49. The fraction of sp³-hybridized carbons (Fsp3) is 0.440. The van der Waals surface area contributed by atoms with E-state index in [-0.39, 0.29) is 11.7 Å². The van der Waals surface area contributed by atoms with E-state index in [1.165, 1.54) is 5.56 Å². The Kier molecular flexibility index (Phi) is 4.97. The molecule has 0 N–H and O–H groups in total. The number of amides is 1.